The third kappa shape index (κ3) is 4.35. The number of rotatable bonds is 5. The van der Waals surface area contributed by atoms with E-state index in [1.54, 1.807) is 31.4 Å². The number of fused-ring (bicyclic) bond motifs is 1. The van der Waals surface area contributed by atoms with E-state index in [-0.39, 0.29) is 17.6 Å². The van der Waals surface area contributed by atoms with E-state index in [0.717, 1.165) is 30.4 Å². The number of methoxy groups -OCH3 is 1. The Bertz CT molecular complexity index is 1150. The standard InChI is InChI=1S/C23H23ClN2O4/c1-14-11-16(8-9-19(14)24)26-23-18(22(27)25-13-17-6-4-10-29-17)12-15-5-3-7-20(28-2)21(15)30-23/h3,5,7-9,11-12,17H,4,6,10,13H2,1-2H3,(H,25,27). The molecule has 6 nitrogen and oxygen atoms in total. The van der Waals surface area contributed by atoms with Crippen LogP contribution in [0.2, 0.25) is 5.02 Å². The van der Waals surface area contributed by atoms with Crippen molar-refractivity contribution in [2.75, 3.05) is 20.3 Å². The van der Waals surface area contributed by atoms with Crippen LogP contribution in [0.1, 0.15) is 28.8 Å². The molecule has 156 valence electrons. The monoisotopic (exact) mass is 426 g/mol. The van der Waals surface area contributed by atoms with Gasteiger partial charge in [0.05, 0.1) is 18.9 Å². The summed E-state index contributed by atoms with van der Waals surface area (Å²) < 4.78 is 17.1. The summed E-state index contributed by atoms with van der Waals surface area (Å²) in [5.41, 5.74) is 2.61. The largest absolute Gasteiger partial charge is 0.493 e. The highest BCUT2D eigenvalue weighted by atomic mass is 35.5. The lowest BCUT2D eigenvalue weighted by molar-refractivity contribution is 0.0854. The third-order valence-corrected chi connectivity index (χ3v) is 5.51. The van der Waals surface area contributed by atoms with E-state index in [2.05, 4.69) is 10.3 Å². The zero-order chi connectivity index (χ0) is 21.1. The lowest BCUT2D eigenvalue weighted by Crippen LogP contribution is -2.34. The second-order valence-electron chi connectivity index (χ2n) is 7.23. The van der Waals surface area contributed by atoms with Crippen molar-refractivity contribution in [1.29, 1.82) is 0 Å². The zero-order valence-corrected chi connectivity index (χ0v) is 17.7. The fourth-order valence-electron chi connectivity index (χ4n) is 3.45. The number of ether oxygens (including phenoxy) is 2. The Kier molecular flexibility index (Phi) is 6.06. The second-order valence-corrected chi connectivity index (χ2v) is 7.64. The van der Waals surface area contributed by atoms with Gasteiger partial charge in [-0.15, -0.1) is 0 Å². The van der Waals surface area contributed by atoms with E-state index in [9.17, 15) is 4.79 Å². The number of aryl methyl sites for hydroxylation is 1. The Morgan fingerprint density at radius 1 is 1.30 bits per heavy atom. The first kappa shape index (κ1) is 20.4. The number of nitrogens with one attached hydrogen (secondary N) is 1. The first-order chi connectivity index (χ1) is 14.5. The number of para-hydroxylation sites is 1. The molecular formula is C23H23ClN2O4. The minimum Gasteiger partial charge on any atom is -0.493 e. The summed E-state index contributed by atoms with van der Waals surface area (Å²) in [7, 11) is 1.58. The normalized spacial score (nSPS) is 16.8. The summed E-state index contributed by atoms with van der Waals surface area (Å²) in [6.07, 6.45) is 2.01. The Hall–Kier alpha value is -2.83. The van der Waals surface area contributed by atoms with Gasteiger partial charge in [0.25, 0.3) is 5.91 Å². The molecule has 1 aromatic heterocycles. The Morgan fingerprint density at radius 3 is 2.90 bits per heavy atom. The molecule has 2 heterocycles. The maximum absolute atomic E-state index is 13.0. The number of carbonyl (C=O) groups is 1. The van der Waals surface area contributed by atoms with Crippen LogP contribution in [0, 0.1) is 6.92 Å². The zero-order valence-electron chi connectivity index (χ0n) is 16.9. The van der Waals surface area contributed by atoms with Crippen molar-refractivity contribution in [3.63, 3.8) is 0 Å². The molecule has 1 aliphatic heterocycles. The summed E-state index contributed by atoms with van der Waals surface area (Å²) in [6, 6.07) is 12.7. The average molecular weight is 427 g/mol. The van der Waals surface area contributed by atoms with Gasteiger partial charge in [0, 0.05) is 23.6 Å². The minimum absolute atomic E-state index is 0.0470. The highest BCUT2D eigenvalue weighted by Gasteiger charge is 2.19. The number of hydrogen-bond acceptors (Lipinski definition) is 5. The maximum Gasteiger partial charge on any atom is 0.256 e. The van der Waals surface area contributed by atoms with Gasteiger partial charge in [0.15, 0.2) is 11.3 Å². The average Bonchev–Trinajstić information content (AvgIpc) is 3.27. The van der Waals surface area contributed by atoms with Crippen LogP contribution in [-0.2, 0) is 4.74 Å². The van der Waals surface area contributed by atoms with Crippen molar-refractivity contribution >= 4 is 34.2 Å². The van der Waals surface area contributed by atoms with Crippen molar-refractivity contribution in [3.8, 4) is 5.75 Å². The van der Waals surface area contributed by atoms with E-state index in [0.29, 0.717) is 34.2 Å². The summed E-state index contributed by atoms with van der Waals surface area (Å²) in [6.45, 7) is 3.09. The van der Waals surface area contributed by atoms with Crippen LogP contribution in [0.15, 0.2) is 51.9 Å². The summed E-state index contributed by atoms with van der Waals surface area (Å²) in [5.74, 6) is 0.311. The van der Waals surface area contributed by atoms with Crippen LogP contribution in [0.4, 0.5) is 5.69 Å². The molecule has 0 radical (unpaired) electrons. The Balaban J connectivity index is 1.79. The quantitative estimate of drug-likeness (QED) is 0.649. The Morgan fingerprint density at radius 2 is 2.17 bits per heavy atom. The molecule has 1 saturated heterocycles. The smallest absolute Gasteiger partial charge is 0.256 e. The molecule has 1 fully saturated rings. The van der Waals surface area contributed by atoms with Gasteiger partial charge >= 0.3 is 0 Å². The number of nitrogens with zero attached hydrogens (tertiary/aromatic N) is 1. The first-order valence-corrected chi connectivity index (χ1v) is 10.2. The van der Waals surface area contributed by atoms with Crippen LogP contribution in [-0.4, -0.2) is 32.3 Å². The van der Waals surface area contributed by atoms with Crippen LogP contribution >= 0.6 is 11.6 Å². The molecule has 1 aliphatic rings. The predicted molar refractivity (Wildman–Crippen MR) is 115 cm³/mol. The van der Waals surface area contributed by atoms with E-state index in [4.69, 9.17) is 25.5 Å². The summed E-state index contributed by atoms with van der Waals surface area (Å²) >= 11 is 6.13. The number of halogens is 1. The van der Waals surface area contributed by atoms with Crippen molar-refractivity contribution in [1.82, 2.24) is 5.32 Å². The van der Waals surface area contributed by atoms with E-state index >= 15 is 0 Å². The molecule has 0 saturated carbocycles. The van der Waals surface area contributed by atoms with Crippen LogP contribution in [0.5, 0.6) is 5.75 Å². The van der Waals surface area contributed by atoms with Gasteiger partial charge in [0.2, 0.25) is 5.55 Å². The molecule has 0 aliphatic carbocycles. The van der Waals surface area contributed by atoms with Gasteiger partial charge in [-0.1, -0.05) is 23.7 Å². The highest BCUT2D eigenvalue weighted by Crippen LogP contribution is 2.26. The van der Waals surface area contributed by atoms with Crippen molar-refractivity contribution in [3.05, 3.63) is 64.2 Å². The van der Waals surface area contributed by atoms with Gasteiger partial charge in [-0.25, -0.2) is 4.99 Å². The topological polar surface area (TPSA) is 73.1 Å². The van der Waals surface area contributed by atoms with Crippen molar-refractivity contribution in [2.24, 2.45) is 4.99 Å². The van der Waals surface area contributed by atoms with Gasteiger partial charge in [-0.2, -0.15) is 0 Å². The molecule has 1 N–H and O–H groups in total. The molecule has 1 unspecified atom stereocenters. The lowest BCUT2D eigenvalue weighted by atomic mass is 10.1. The minimum atomic E-state index is -0.261. The van der Waals surface area contributed by atoms with E-state index < -0.39 is 0 Å². The van der Waals surface area contributed by atoms with Crippen LogP contribution < -0.4 is 15.6 Å². The highest BCUT2D eigenvalue weighted by molar-refractivity contribution is 6.31. The van der Waals surface area contributed by atoms with E-state index in [1.807, 2.05) is 25.1 Å². The van der Waals surface area contributed by atoms with Crippen LogP contribution in [0.3, 0.4) is 0 Å². The number of carbonyl (C=O) groups excluding carboxylic acids is 1. The van der Waals surface area contributed by atoms with Gasteiger partial charge in [-0.3, -0.25) is 4.79 Å². The molecule has 1 atom stereocenters. The molecule has 4 rings (SSSR count). The molecular weight excluding hydrogens is 404 g/mol. The van der Waals surface area contributed by atoms with E-state index in [1.165, 1.54) is 0 Å². The molecule has 7 heteroatoms. The molecule has 0 bridgehead atoms. The predicted octanol–water partition coefficient (Wildman–Crippen LogP) is 4.54. The summed E-state index contributed by atoms with van der Waals surface area (Å²) in [4.78, 5) is 17.6. The number of amides is 1. The molecule has 30 heavy (non-hydrogen) atoms. The Labute approximate surface area is 179 Å². The van der Waals surface area contributed by atoms with Crippen molar-refractivity contribution < 1.29 is 18.7 Å². The fourth-order valence-corrected chi connectivity index (χ4v) is 3.57. The number of hydrogen-bond donors (Lipinski definition) is 1. The second kappa shape index (κ2) is 8.90. The summed E-state index contributed by atoms with van der Waals surface area (Å²) in [5, 5.41) is 4.35. The first-order valence-electron chi connectivity index (χ1n) is 9.86. The SMILES string of the molecule is COc1cccc2cc(C(=O)NCC3CCCO3)c(=Nc3ccc(Cl)c(C)c3)oc12. The number of benzene rings is 2. The fraction of sp³-hybridized carbons (Fsp3) is 0.304. The van der Waals surface area contributed by atoms with Crippen LogP contribution in [0.25, 0.3) is 11.0 Å². The molecule has 3 aromatic rings. The molecule has 2 aromatic carbocycles. The van der Waals surface area contributed by atoms with Crippen molar-refractivity contribution in [2.45, 2.75) is 25.9 Å². The third-order valence-electron chi connectivity index (χ3n) is 5.09. The molecule has 1 amide bonds. The maximum atomic E-state index is 13.0. The van der Waals surface area contributed by atoms with Gasteiger partial charge < -0.3 is 19.2 Å². The lowest BCUT2D eigenvalue weighted by Gasteiger charge is -2.12. The molecule has 0 spiro atoms. The van der Waals surface area contributed by atoms with Gasteiger partial charge in [-0.05, 0) is 55.7 Å². The van der Waals surface area contributed by atoms with Gasteiger partial charge in [0.1, 0.15) is 5.56 Å².